The highest BCUT2D eigenvalue weighted by atomic mass is 19.1. The van der Waals surface area contributed by atoms with Gasteiger partial charge in [-0.25, -0.2) is 4.39 Å². The zero-order valence-corrected chi connectivity index (χ0v) is 15.1. The molecule has 3 rings (SSSR count). The highest BCUT2D eigenvalue weighted by molar-refractivity contribution is 5.82. The molecule has 5 nitrogen and oxygen atoms in total. The number of nitrogens with zero attached hydrogens (tertiary/aromatic N) is 1. The van der Waals surface area contributed by atoms with E-state index in [4.69, 9.17) is 4.74 Å². The number of amides is 2. The minimum absolute atomic E-state index is 0.0441. The van der Waals surface area contributed by atoms with E-state index >= 15 is 0 Å². The van der Waals surface area contributed by atoms with Gasteiger partial charge in [0.25, 0.3) is 5.91 Å². The molecule has 0 radical (unpaired) electrons. The molecule has 1 aliphatic heterocycles. The van der Waals surface area contributed by atoms with Crippen molar-refractivity contribution in [3.05, 3.63) is 30.1 Å². The molecule has 1 aromatic carbocycles. The van der Waals surface area contributed by atoms with Gasteiger partial charge < -0.3 is 15.0 Å². The summed E-state index contributed by atoms with van der Waals surface area (Å²) in [5.41, 5.74) is 0. The van der Waals surface area contributed by atoms with Gasteiger partial charge in [0.1, 0.15) is 11.6 Å². The van der Waals surface area contributed by atoms with E-state index in [0.717, 1.165) is 51.5 Å². The molecule has 2 aliphatic rings. The third-order valence-electron chi connectivity index (χ3n) is 5.34. The van der Waals surface area contributed by atoms with Crippen LogP contribution in [0.15, 0.2) is 24.3 Å². The van der Waals surface area contributed by atoms with Gasteiger partial charge in [-0.2, -0.15) is 0 Å². The number of carbonyl (C=O) groups excluding carboxylic acids is 2. The molecule has 2 amide bonds. The summed E-state index contributed by atoms with van der Waals surface area (Å²) < 4.78 is 18.5. The number of ether oxygens (including phenoxy) is 1. The first-order valence-electron chi connectivity index (χ1n) is 9.61. The van der Waals surface area contributed by atoms with E-state index in [1.54, 1.807) is 0 Å². The van der Waals surface area contributed by atoms with Gasteiger partial charge in [-0.05, 0) is 49.9 Å². The topological polar surface area (TPSA) is 58.6 Å². The van der Waals surface area contributed by atoms with Gasteiger partial charge in [0, 0.05) is 19.1 Å². The minimum Gasteiger partial charge on any atom is -0.484 e. The minimum atomic E-state index is -0.337. The molecule has 0 spiro atoms. The zero-order valence-electron chi connectivity index (χ0n) is 15.1. The van der Waals surface area contributed by atoms with Crippen LogP contribution in [0.2, 0.25) is 0 Å². The second kappa shape index (κ2) is 9.01. The van der Waals surface area contributed by atoms with E-state index in [1.165, 1.54) is 24.3 Å². The summed E-state index contributed by atoms with van der Waals surface area (Å²) in [5, 5.41) is 3.03. The largest absolute Gasteiger partial charge is 0.484 e. The van der Waals surface area contributed by atoms with Crippen molar-refractivity contribution in [2.75, 3.05) is 19.7 Å². The molecule has 1 saturated carbocycles. The molecule has 1 saturated heterocycles. The fraction of sp³-hybridized carbons (Fsp3) is 0.600. The van der Waals surface area contributed by atoms with Crippen molar-refractivity contribution in [2.45, 2.75) is 51.0 Å². The van der Waals surface area contributed by atoms with Crippen LogP contribution in [-0.4, -0.2) is 42.5 Å². The Morgan fingerprint density at radius 3 is 2.69 bits per heavy atom. The summed E-state index contributed by atoms with van der Waals surface area (Å²) in [5.74, 6) is -0.0123. The van der Waals surface area contributed by atoms with Crippen LogP contribution in [0.1, 0.15) is 44.9 Å². The van der Waals surface area contributed by atoms with Crippen molar-refractivity contribution in [3.63, 3.8) is 0 Å². The summed E-state index contributed by atoms with van der Waals surface area (Å²) >= 11 is 0. The van der Waals surface area contributed by atoms with Crippen molar-refractivity contribution in [1.82, 2.24) is 10.2 Å². The molecule has 142 valence electrons. The van der Waals surface area contributed by atoms with Gasteiger partial charge >= 0.3 is 0 Å². The molecular weight excluding hydrogens is 335 g/mol. The van der Waals surface area contributed by atoms with Crippen molar-refractivity contribution in [1.29, 1.82) is 0 Å². The number of halogens is 1. The van der Waals surface area contributed by atoms with Crippen molar-refractivity contribution in [2.24, 2.45) is 5.92 Å². The van der Waals surface area contributed by atoms with E-state index in [1.807, 2.05) is 4.90 Å². The van der Waals surface area contributed by atoms with Crippen LogP contribution in [0.25, 0.3) is 0 Å². The first-order valence-corrected chi connectivity index (χ1v) is 9.61. The molecule has 1 heterocycles. The molecule has 2 fully saturated rings. The molecule has 6 heteroatoms. The molecular formula is C20H27FN2O3. The lowest BCUT2D eigenvalue weighted by molar-refractivity contribution is -0.138. The van der Waals surface area contributed by atoms with Crippen molar-refractivity contribution >= 4 is 11.8 Å². The number of nitrogens with one attached hydrogen (secondary N) is 1. The van der Waals surface area contributed by atoms with Crippen LogP contribution >= 0.6 is 0 Å². The van der Waals surface area contributed by atoms with Gasteiger partial charge in [0.05, 0.1) is 5.92 Å². The summed E-state index contributed by atoms with van der Waals surface area (Å²) in [6.07, 6.45) is 6.70. The summed E-state index contributed by atoms with van der Waals surface area (Å²) in [6.45, 7) is 1.31. The van der Waals surface area contributed by atoms with Crippen molar-refractivity contribution in [3.8, 4) is 5.75 Å². The second-order valence-electron chi connectivity index (χ2n) is 7.14. The van der Waals surface area contributed by atoms with Gasteiger partial charge in [-0.15, -0.1) is 0 Å². The average molecular weight is 362 g/mol. The molecule has 26 heavy (non-hydrogen) atoms. The monoisotopic (exact) mass is 362 g/mol. The SMILES string of the molecule is O=C1NCCCCCCN(C(=O)COc2ccc(F)cc2)[C@H]2CCC[C@@H]12. The lowest BCUT2D eigenvalue weighted by Crippen LogP contribution is -2.48. The second-order valence-corrected chi connectivity index (χ2v) is 7.14. The Hall–Kier alpha value is -2.11. The average Bonchev–Trinajstić information content (AvgIpc) is 3.11. The van der Waals surface area contributed by atoms with Crippen LogP contribution < -0.4 is 10.1 Å². The number of carbonyl (C=O) groups is 2. The van der Waals surface area contributed by atoms with E-state index in [9.17, 15) is 14.0 Å². The fourth-order valence-electron chi connectivity index (χ4n) is 3.96. The first kappa shape index (κ1) is 18.7. The molecule has 2 atom stereocenters. The van der Waals surface area contributed by atoms with Gasteiger partial charge in [-0.3, -0.25) is 9.59 Å². The first-order chi connectivity index (χ1) is 12.6. The maximum atomic E-state index is 13.0. The molecule has 1 aromatic rings. The van der Waals surface area contributed by atoms with E-state index in [2.05, 4.69) is 5.32 Å². The number of benzene rings is 1. The normalized spacial score (nSPS) is 24.3. The highest BCUT2D eigenvalue weighted by Gasteiger charge is 2.38. The summed E-state index contributed by atoms with van der Waals surface area (Å²) in [4.78, 5) is 27.2. The third kappa shape index (κ3) is 4.74. The zero-order chi connectivity index (χ0) is 18.4. The fourth-order valence-corrected chi connectivity index (χ4v) is 3.96. The number of fused-ring (bicyclic) bond motifs is 1. The Balaban J connectivity index is 1.67. The Morgan fingerprint density at radius 1 is 1.12 bits per heavy atom. The summed E-state index contributed by atoms with van der Waals surface area (Å²) in [6, 6.07) is 5.61. The summed E-state index contributed by atoms with van der Waals surface area (Å²) in [7, 11) is 0. The van der Waals surface area contributed by atoms with Gasteiger partial charge in [0.15, 0.2) is 6.61 Å². The molecule has 1 aliphatic carbocycles. The number of hydrogen-bond donors (Lipinski definition) is 1. The van der Waals surface area contributed by atoms with Crippen LogP contribution in [0.4, 0.5) is 4.39 Å². The molecule has 0 unspecified atom stereocenters. The molecule has 0 aromatic heterocycles. The quantitative estimate of drug-likeness (QED) is 0.899. The molecule has 1 N–H and O–H groups in total. The van der Waals surface area contributed by atoms with Crippen LogP contribution in [0, 0.1) is 11.7 Å². The lowest BCUT2D eigenvalue weighted by Gasteiger charge is -2.32. The van der Waals surface area contributed by atoms with Crippen molar-refractivity contribution < 1.29 is 18.7 Å². The Kier molecular flexibility index (Phi) is 6.47. The van der Waals surface area contributed by atoms with Crippen LogP contribution in [0.5, 0.6) is 5.75 Å². The van der Waals surface area contributed by atoms with E-state index in [0.29, 0.717) is 12.3 Å². The lowest BCUT2D eigenvalue weighted by atomic mass is 10.0. The van der Waals surface area contributed by atoms with Gasteiger partial charge in [0.2, 0.25) is 5.91 Å². The van der Waals surface area contributed by atoms with Crippen LogP contribution in [0.3, 0.4) is 0 Å². The maximum absolute atomic E-state index is 13.0. The van der Waals surface area contributed by atoms with E-state index < -0.39 is 0 Å². The standard InChI is InChI=1S/C20H27FN2O3/c21-15-8-10-16(11-9-15)26-14-19(24)23-13-4-2-1-3-12-22-20(25)17-6-5-7-18(17)23/h8-11,17-18H,1-7,12-14H2,(H,22,25)/t17-,18+/m1/s1. The Bertz CT molecular complexity index is 620. The predicted octanol–water partition coefficient (Wildman–Crippen LogP) is 2.89. The Labute approximate surface area is 153 Å². The number of hydrogen-bond acceptors (Lipinski definition) is 3. The smallest absolute Gasteiger partial charge is 0.260 e. The van der Waals surface area contributed by atoms with Crippen LogP contribution in [-0.2, 0) is 9.59 Å². The maximum Gasteiger partial charge on any atom is 0.260 e. The molecule has 0 bridgehead atoms. The van der Waals surface area contributed by atoms with Gasteiger partial charge in [-0.1, -0.05) is 19.3 Å². The number of rotatable bonds is 3. The van der Waals surface area contributed by atoms with E-state index in [-0.39, 0.29) is 36.2 Å². The third-order valence-corrected chi connectivity index (χ3v) is 5.34. The highest BCUT2D eigenvalue weighted by Crippen LogP contribution is 2.31. The Morgan fingerprint density at radius 2 is 1.88 bits per heavy atom. The predicted molar refractivity (Wildman–Crippen MR) is 96.2 cm³/mol.